The number of nitrogens with one attached hydrogen (secondary N) is 2. The first-order chi connectivity index (χ1) is 13.7. The minimum Gasteiger partial charge on any atom is -0.489 e. The van der Waals surface area contributed by atoms with E-state index in [0.29, 0.717) is 18.7 Å². The molecular weight excluding hydrogens is 399 g/mol. The maximum Gasteiger partial charge on any atom is 0.323 e. The van der Waals surface area contributed by atoms with Crippen molar-refractivity contribution in [2.24, 2.45) is 0 Å². The van der Waals surface area contributed by atoms with E-state index in [1.807, 2.05) is 0 Å². The molecule has 2 heterocycles. The molecular formula is C19H23FN4O4S. The minimum atomic E-state index is -3.35. The largest absolute Gasteiger partial charge is 0.489 e. The molecule has 1 aliphatic heterocycles. The van der Waals surface area contributed by atoms with Crippen molar-refractivity contribution in [2.75, 3.05) is 23.7 Å². The predicted octanol–water partition coefficient (Wildman–Crippen LogP) is 3.06. The number of anilines is 2. The molecule has 1 aliphatic rings. The molecule has 2 N–H and O–H groups in total. The fraction of sp³-hybridized carbons (Fsp3) is 0.368. The van der Waals surface area contributed by atoms with Crippen LogP contribution in [0, 0.1) is 5.82 Å². The third-order valence-electron chi connectivity index (χ3n) is 4.41. The minimum absolute atomic E-state index is 0.210. The number of benzene rings is 1. The number of aromatic nitrogens is 1. The van der Waals surface area contributed by atoms with Crippen molar-refractivity contribution in [1.82, 2.24) is 9.29 Å². The lowest BCUT2D eigenvalue weighted by atomic mass is 10.2. The van der Waals surface area contributed by atoms with Gasteiger partial charge >= 0.3 is 6.03 Å². The number of nitrogens with zero attached hydrogens (tertiary/aromatic N) is 2. The van der Waals surface area contributed by atoms with Crippen molar-refractivity contribution >= 4 is 27.4 Å². The number of sulfonamides is 1. The lowest BCUT2D eigenvalue weighted by molar-refractivity contribution is 0.214. The van der Waals surface area contributed by atoms with Gasteiger partial charge in [0.25, 0.3) is 0 Å². The van der Waals surface area contributed by atoms with Crippen LogP contribution in [0.1, 0.15) is 20.3 Å². The molecule has 29 heavy (non-hydrogen) atoms. The molecule has 0 spiro atoms. The van der Waals surface area contributed by atoms with E-state index < -0.39 is 27.1 Å². The summed E-state index contributed by atoms with van der Waals surface area (Å²) in [5.41, 5.74) is 0.710. The monoisotopic (exact) mass is 422 g/mol. The zero-order chi connectivity index (χ0) is 21.0. The van der Waals surface area contributed by atoms with Gasteiger partial charge in [-0.1, -0.05) is 0 Å². The van der Waals surface area contributed by atoms with Gasteiger partial charge in [0.2, 0.25) is 10.0 Å². The van der Waals surface area contributed by atoms with Crippen LogP contribution in [0.4, 0.5) is 20.6 Å². The van der Waals surface area contributed by atoms with Gasteiger partial charge in [-0.15, -0.1) is 0 Å². The molecule has 1 atom stereocenters. The Morgan fingerprint density at radius 1 is 1.28 bits per heavy atom. The molecule has 2 amide bonds. The van der Waals surface area contributed by atoms with E-state index in [9.17, 15) is 17.6 Å². The van der Waals surface area contributed by atoms with Crippen LogP contribution in [0.15, 0.2) is 42.7 Å². The van der Waals surface area contributed by atoms with Crippen LogP contribution in [-0.4, -0.2) is 48.2 Å². The Morgan fingerprint density at radius 2 is 2.03 bits per heavy atom. The molecule has 0 unspecified atom stereocenters. The summed E-state index contributed by atoms with van der Waals surface area (Å²) < 4.78 is 45.7. The maximum absolute atomic E-state index is 14.0. The zero-order valence-electron chi connectivity index (χ0n) is 16.1. The van der Waals surface area contributed by atoms with E-state index in [2.05, 4.69) is 15.6 Å². The van der Waals surface area contributed by atoms with Gasteiger partial charge in [0, 0.05) is 30.6 Å². The zero-order valence-corrected chi connectivity index (χ0v) is 16.9. The number of carbonyl (C=O) groups excluding carboxylic acids is 1. The summed E-state index contributed by atoms with van der Waals surface area (Å²) in [6, 6.07) is 6.65. The molecule has 8 nitrogen and oxygen atoms in total. The van der Waals surface area contributed by atoms with Crippen molar-refractivity contribution in [3.8, 4) is 5.75 Å². The van der Waals surface area contributed by atoms with Crippen molar-refractivity contribution in [3.63, 3.8) is 0 Å². The number of halogens is 1. The second kappa shape index (κ2) is 8.75. The third kappa shape index (κ3) is 5.42. The second-order valence-corrected chi connectivity index (χ2v) is 9.47. The highest BCUT2D eigenvalue weighted by atomic mass is 32.2. The van der Waals surface area contributed by atoms with E-state index in [1.54, 1.807) is 32.2 Å². The van der Waals surface area contributed by atoms with E-state index in [0.717, 1.165) is 0 Å². The SMILES string of the molecule is CC(C)S(=O)(=O)N1CC[C@@H](Oc2cc(F)cc(NC(=O)Nc3cccnc3)c2)C1. The van der Waals surface area contributed by atoms with Crippen LogP contribution < -0.4 is 15.4 Å². The first-order valence-corrected chi connectivity index (χ1v) is 10.7. The van der Waals surface area contributed by atoms with Gasteiger partial charge in [0.05, 0.1) is 23.7 Å². The van der Waals surface area contributed by atoms with E-state index in [4.69, 9.17) is 4.74 Å². The van der Waals surface area contributed by atoms with E-state index in [-0.39, 0.29) is 24.1 Å². The van der Waals surface area contributed by atoms with Gasteiger partial charge in [-0.25, -0.2) is 17.6 Å². The summed E-state index contributed by atoms with van der Waals surface area (Å²) in [5.74, 6) is -0.362. The van der Waals surface area contributed by atoms with Crippen LogP contribution in [0.2, 0.25) is 0 Å². The Hall–Kier alpha value is -2.72. The van der Waals surface area contributed by atoms with E-state index >= 15 is 0 Å². The molecule has 1 fully saturated rings. The summed E-state index contributed by atoms with van der Waals surface area (Å²) in [6.07, 6.45) is 3.18. The number of ether oxygens (including phenoxy) is 1. The lowest BCUT2D eigenvalue weighted by Gasteiger charge is -2.19. The summed E-state index contributed by atoms with van der Waals surface area (Å²) in [6.45, 7) is 3.83. The number of hydrogen-bond donors (Lipinski definition) is 2. The summed E-state index contributed by atoms with van der Waals surface area (Å²) >= 11 is 0. The molecule has 1 aromatic carbocycles. The fourth-order valence-corrected chi connectivity index (χ4v) is 4.28. The molecule has 156 valence electrons. The number of carbonyl (C=O) groups is 1. The van der Waals surface area contributed by atoms with Crippen LogP contribution in [-0.2, 0) is 10.0 Å². The predicted molar refractivity (Wildman–Crippen MR) is 108 cm³/mol. The Balaban J connectivity index is 1.63. The smallest absolute Gasteiger partial charge is 0.323 e. The number of pyridine rings is 1. The molecule has 0 saturated carbocycles. The first-order valence-electron chi connectivity index (χ1n) is 9.18. The summed E-state index contributed by atoms with van der Waals surface area (Å²) in [7, 11) is -3.35. The van der Waals surface area contributed by atoms with Crippen LogP contribution >= 0.6 is 0 Å². The molecule has 2 aromatic rings. The number of amides is 2. The molecule has 10 heteroatoms. The molecule has 3 rings (SSSR count). The lowest BCUT2D eigenvalue weighted by Crippen LogP contribution is -2.35. The second-order valence-electron chi connectivity index (χ2n) is 6.98. The summed E-state index contributed by atoms with van der Waals surface area (Å²) in [4.78, 5) is 16.0. The van der Waals surface area contributed by atoms with Gasteiger partial charge in [-0.2, -0.15) is 4.31 Å². The standard InChI is InChI=1S/C19H23FN4O4S/c1-13(2)29(26,27)24-7-5-17(12-24)28-18-9-14(20)8-16(10-18)23-19(25)22-15-4-3-6-21-11-15/h3-4,6,8-11,13,17H,5,7,12H2,1-2H3,(H2,22,23,25)/t17-/m1/s1. The topological polar surface area (TPSA) is 101 Å². The van der Waals surface area contributed by atoms with Crippen molar-refractivity contribution in [1.29, 1.82) is 0 Å². The van der Waals surface area contributed by atoms with Gasteiger partial charge in [-0.05, 0) is 38.5 Å². The average molecular weight is 422 g/mol. The Labute approximate surface area is 169 Å². The number of urea groups is 1. The normalized spacial score (nSPS) is 17.3. The fourth-order valence-electron chi connectivity index (χ4n) is 2.95. The molecule has 0 bridgehead atoms. The van der Waals surface area contributed by atoms with E-state index in [1.165, 1.54) is 28.7 Å². The highest BCUT2D eigenvalue weighted by molar-refractivity contribution is 7.89. The maximum atomic E-state index is 14.0. The highest BCUT2D eigenvalue weighted by Crippen LogP contribution is 2.25. The van der Waals surface area contributed by atoms with Gasteiger partial charge in [0.1, 0.15) is 17.7 Å². The van der Waals surface area contributed by atoms with Crippen molar-refractivity contribution in [3.05, 3.63) is 48.5 Å². The number of hydrogen-bond acceptors (Lipinski definition) is 5. The van der Waals surface area contributed by atoms with Gasteiger partial charge < -0.3 is 15.4 Å². The third-order valence-corrected chi connectivity index (χ3v) is 6.66. The number of rotatable bonds is 6. The summed E-state index contributed by atoms with van der Waals surface area (Å²) in [5, 5.41) is 4.62. The molecule has 0 aliphatic carbocycles. The van der Waals surface area contributed by atoms with Crippen LogP contribution in [0.25, 0.3) is 0 Å². The van der Waals surface area contributed by atoms with Crippen molar-refractivity contribution < 1.29 is 22.3 Å². The van der Waals surface area contributed by atoms with Crippen LogP contribution in [0.5, 0.6) is 5.75 Å². The Morgan fingerprint density at radius 3 is 2.72 bits per heavy atom. The quantitative estimate of drug-likeness (QED) is 0.745. The van der Waals surface area contributed by atoms with Gasteiger partial charge in [-0.3, -0.25) is 4.98 Å². The Kier molecular flexibility index (Phi) is 6.33. The molecule has 0 radical (unpaired) electrons. The highest BCUT2D eigenvalue weighted by Gasteiger charge is 2.34. The van der Waals surface area contributed by atoms with Gasteiger partial charge in [0.15, 0.2) is 0 Å². The van der Waals surface area contributed by atoms with Crippen molar-refractivity contribution in [2.45, 2.75) is 31.6 Å². The Bertz CT molecular complexity index is 969. The average Bonchev–Trinajstić information content (AvgIpc) is 3.11. The molecule has 1 aromatic heterocycles. The van der Waals surface area contributed by atoms with Crippen LogP contribution in [0.3, 0.4) is 0 Å². The first kappa shape index (κ1) is 21.0. The molecule has 1 saturated heterocycles.